The van der Waals surface area contributed by atoms with Gasteiger partial charge in [0, 0.05) is 7.05 Å². The van der Waals surface area contributed by atoms with Crippen molar-refractivity contribution < 1.29 is 14.6 Å². The van der Waals surface area contributed by atoms with E-state index in [0.717, 1.165) is 34.7 Å². The first-order valence-electron chi connectivity index (χ1n) is 6.96. The normalized spacial score (nSPS) is 13.6. The third kappa shape index (κ3) is 2.37. The molecule has 21 heavy (non-hydrogen) atoms. The van der Waals surface area contributed by atoms with Crippen LogP contribution in [0, 0.1) is 6.92 Å². The molecule has 1 N–H and O–H groups in total. The van der Waals surface area contributed by atoms with Crippen molar-refractivity contribution in [3.63, 3.8) is 0 Å². The fraction of sp³-hybridized carbons (Fsp3) is 0.294. The van der Waals surface area contributed by atoms with E-state index in [1.807, 2.05) is 25.1 Å². The first kappa shape index (κ1) is 13.6. The summed E-state index contributed by atoms with van der Waals surface area (Å²) in [6.07, 6.45) is 0. The number of likely N-dealkylation sites (N-methyl/N-ethyl adjacent to an activating group) is 1. The molecule has 0 saturated heterocycles. The minimum Gasteiger partial charge on any atom is -0.504 e. The van der Waals surface area contributed by atoms with Crippen molar-refractivity contribution in [2.45, 2.75) is 6.92 Å². The Morgan fingerprint density at radius 3 is 2.76 bits per heavy atom. The van der Waals surface area contributed by atoms with Gasteiger partial charge in [0.05, 0.1) is 19.3 Å². The molecule has 3 rings (SSSR count). The van der Waals surface area contributed by atoms with Gasteiger partial charge in [-0.15, -0.1) is 0 Å². The maximum Gasteiger partial charge on any atom is 0.161 e. The van der Waals surface area contributed by atoms with Gasteiger partial charge in [0.2, 0.25) is 0 Å². The average molecular weight is 285 g/mol. The number of phenols is 1. The smallest absolute Gasteiger partial charge is 0.161 e. The van der Waals surface area contributed by atoms with Gasteiger partial charge >= 0.3 is 0 Å². The molecule has 0 spiro atoms. The van der Waals surface area contributed by atoms with Gasteiger partial charge < -0.3 is 19.5 Å². The van der Waals surface area contributed by atoms with Crippen LogP contribution in [0.1, 0.15) is 5.56 Å². The van der Waals surface area contributed by atoms with Crippen molar-refractivity contribution in [2.24, 2.45) is 0 Å². The predicted octanol–water partition coefficient (Wildman–Crippen LogP) is 3.20. The van der Waals surface area contributed by atoms with E-state index in [2.05, 4.69) is 24.1 Å². The van der Waals surface area contributed by atoms with Crippen LogP contribution in [0.2, 0.25) is 0 Å². The van der Waals surface area contributed by atoms with Crippen molar-refractivity contribution in [3.8, 4) is 28.4 Å². The number of fused-ring (bicyclic) bond motifs is 1. The van der Waals surface area contributed by atoms with Gasteiger partial charge in [-0.2, -0.15) is 0 Å². The number of hydrogen-bond donors (Lipinski definition) is 1. The Kier molecular flexibility index (Phi) is 3.37. The second-order valence-electron chi connectivity index (χ2n) is 5.30. The quantitative estimate of drug-likeness (QED) is 0.920. The molecular weight excluding hydrogens is 266 g/mol. The molecule has 1 aliphatic heterocycles. The summed E-state index contributed by atoms with van der Waals surface area (Å²) in [6.45, 7) is 3.47. The van der Waals surface area contributed by atoms with Crippen molar-refractivity contribution in [3.05, 3.63) is 35.9 Å². The van der Waals surface area contributed by atoms with Gasteiger partial charge in [-0.1, -0.05) is 6.07 Å². The Hall–Kier alpha value is -2.36. The van der Waals surface area contributed by atoms with Crippen LogP contribution in [0.25, 0.3) is 11.1 Å². The Morgan fingerprint density at radius 2 is 2.00 bits per heavy atom. The molecule has 0 amide bonds. The fourth-order valence-corrected chi connectivity index (χ4v) is 2.61. The largest absolute Gasteiger partial charge is 0.504 e. The number of methoxy groups -OCH3 is 1. The van der Waals surface area contributed by atoms with E-state index in [4.69, 9.17) is 9.47 Å². The molecule has 0 bridgehead atoms. The third-order valence-corrected chi connectivity index (χ3v) is 3.87. The highest BCUT2D eigenvalue weighted by Gasteiger charge is 2.16. The van der Waals surface area contributed by atoms with Crippen molar-refractivity contribution in [1.29, 1.82) is 0 Å². The number of phenolic OH excluding ortho intramolecular Hbond substituents is 1. The van der Waals surface area contributed by atoms with Crippen molar-refractivity contribution in [1.82, 2.24) is 0 Å². The summed E-state index contributed by atoms with van der Waals surface area (Å²) >= 11 is 0. The van der Waals surface area contributed by atoms with Crippen LogP contribution < -0.4 is 14.4 Å². The maximum atomic E-state index is 9.94. The molecule has 0 fully saturated rings. The first-order chi connectivity index (χ1) is 10.1. The molecule has 1 heterocycles. The second-order valence-corrected chi connectivity index (χ2v) is 5.30. The van der Waals surface area contributed by atoms with Gasteiger partial charge in [-0.05, 0) is 47.9 Å². The van der Waals surface area contributed by atoms with Crippen molar-refractivity contribution >= 4 is 5.69 Å². The fourth-order valence-electron chi connectivity index (χ4n) is 2.61. The van der Waals surface area contributed by atoms with E-state index in [0.29, 0.717) is 12.4 Å². The highest BCUT2D eigenvalue weighted by Crippen LogP contribution is 2.38. The summed E-state index contributed by atoms with van der Waals surface area (Å²) in [6, 6.07) is 9.97. The van der Waals surface area contributed by atoms with Crippen LogP contribution in [-0.2, 0) is 0 Å². The van der Waals surface area contributed by atoms with Crippen LogP contribution in [-0.4, -0.2) is 32.4 Å². The molecule has 0 aliphatic carbocycles. The number of nitrogens with zero attached hydrogens (tertiary/aromatic N) is 1. The van der Waals surface area contributed by atoms with Crippen LogP contribution in [0.3, 0.4) is 0 Å². The Labute approximate surface area is 124 Å². The lowest BCUT2D eigenvalue weighted by Gasteiger charge is -2.28. The minimum absolute atomic E-state index is 0.190. The van der Waals surface area contributed by atoms with Gasteiger partial charge in [-0.25, -0.2) is 0 Å². The summed E-state index contributed by atoms with van der Waals surface area (Å²) in [5.41, 5.74) is 3.94. The summed E-state index contributed by atoms with van der Waals surface area (Å²) < 4.78 is 11.0. The van der Waals surface area contributed by atoms with Gasteiger partial charge in [-0.3, -0.25) is 0 Å². The molecule has 0 radical (unpaired) electrons. The number of benzene rings is 2. The van der Waals surface area contributed by atoms with Crippen LogP contribution >= 0.6 is 0 Å². The molecule has 4 nitrogen and oxygen atoms in total. The molecule has 110 valence electrons. The molecular formula is C17H19NO3. The lowest BCUT2D eigenvalue weighted by molar-refractivity contribution is 0.311. The Balaban J connectivity index is 2.07. The number of aryl methyl sites for hydroxylation is 1. The number of ether oxygens (including phenoxy) is 2. The van der Waals surface area contributed by atoms with E-state index < -0.39 is 0 Å². The van der Waals surface area contributed by atoms with E-state index in [1.165, 1.54) is 0 Å². The summed E-state index contributed by atoms with van der Waals surface area (Å²) in [7, 11) is 3.62. The second kappa shape index (κ2) is 5.20. The van der Waals surface area contributed by atoms with E-state index in [9.17, 15) is 5.11 Å². The molecule has 2 aromatic carbocycles. The van der Waals surface area contributed by atoms with Crippen LogP contribution in [0.15, 0.2) is 30.3 Å². The zero-order valence-corrected chi connectivity index (χ0v) is 12.5. The number of rotatable bonds is 2. The van der Waals surface area contributed by atoms with Crippen molar-refractivity contribution in [2.75, 3.05) is 32.2 Å². The molecule has 4 heteroatoms. The zero-order valence-electron chi connectivity index (χ0n) is 12.5. The van der Waals surface area contributed by atoms with E-state index >= 15 is 0 Å². The first-order valence-corrected chi connectivity index (χ1v) is 6.96. The summed E-state index contributed by atoms with van der Waals surface area (Å²) in [5, 5.41) is 9.94. The van der Waals surface area contributed by atoms with Gasteiger partial charge in [0.1, 0.15) is 12.4 Å². The molecule has 0 saturated carbocycles. The van der Waals surface area contributed by atoms with Crippen LogP contribution in [0.5, 0.6) is 17.2 Å². The Bertz CT molecular complexity index is 682. The molecule has 1 aliphatic rings. The number of hydrogen-bond acceptors (Lipinski definition) is 4. The highest BCUT2D eigenvalue weighted by atomic mass is 16.5. The topological polar surface area (TPSA) is 41.9 Å². The number of anilines is 1. The summed E-state index contributed by atoms with van der Waals surface area (Å²) in [4.78, 5) is 2.19. The molecule has 0 atom stereocenters. The molecule has 0 aromatic heterocycles. The lowest BCUT2D eigenvalue weighted by atomic mass is 10.0. The van der Waals surface area contributed by atoms with Gasteiger partial charge in [0.15, 0.2) is 11.5 Å². The standard InChI is InChI=1S/C17H19NO3/c1-11-8-13(10-16(20-3)17(11)19)12-4-5-14-15(9-12)21-7-6-18(14)2/h4-5,8-10,19H,6-7H2,1-3H3. The predicted molar refractivity (Wildman–Crippen MR) is 83.6 cm³/mol. The highest BCUT2D eigenvalue weighted by molar-refractivity contribution is 5.74. The summed E-state index contributed by atoms with van der Waals surface area (Å²) in [5.74, 6) is 1.57. The lowest BCUT2D eigenvalue weighted by Crippen LogP contribution is -2.28. The number of aromatic hydroxyl groups is 1. The minimum atomic E-state index is 0.190. The van der Waals surface area contributed by atoms with E-state index in [-0.39, 0.29) is 5.75 Å². The van der Waals surface area contributed by atoms with E-state index in [1.54, 1.807) is 7.11 Å². The molecule has 2 aromatic rings. The average Bonchev–Trinajstić information content (AvgIpc) is 2.50. The Morgan fingerprint density at radius 1 is 1.19 bits per heavy atom. The zero-order chi connectivity index (χ0) is 15.0. The van der Waals surface area contributed by atoms with Gasteiger partial charge in [0.25, 0.3) is 0 Å². The molecule has 0 unspecified atom stereocenters. The monoisotopic (exact) mass is 285 g/mol. The maximum absolute atomic E-state index is 9.94. The van der Waals surface area contributed by atoms with Crippen LogP contribution in [0.4, 0.5) is 5.69 Å². The SMILES string of the molecule is COc1cc(-c2ccc3c(c2)OCCN3C)cc(C)c1O. The third-order valence-electron chi connectivity index (χ3n) is 3.87.